The molecular formula is C20H22ClN5OS. The summed E-state index contributed by atoms with van der Waals surface area (Å²) in [6, 6.07) is 17.0. The quantitative estimate of drug-likeness (QED) is 0.522. The Morgan fingerprint density at radius 3 is 2.61 bits per heavy atom. The van der Waals surface area contributed by atoms with Gasteiger partial charge < -0.3 is 15.2 Å². The van der Waals surface area contributed by atoms with E-state index in [1.54, 1.807) is 0 Å². The monoisotopic (exact) mass is 415 g/mol. The van der Waals surface area contributed by atoms with Gasteiger partial charge in [-0.25, -0.2) is 0 Å². The molecule has 1 heterocycles. The fourth-order valence-corrected chi connectivity index (χ4v) is 3.73. The second kappa shape index (κ2) is 9.61. The van der Waals surface area contributed by atoms with E-state index in [4.69, 9.17) is 11.6 Å². The van der Waals surface area contributed by atoms with Crippen molar-refractivity contribution < 1.29 is 4.79 Å². The molecule has 3 rings (SSSR count). The van der Waals surface area contributed by atoms with Gasteiger partial charge >= 0.3 is 0 Å². The third-order valence-corrected chi connectivity index (χ3v) is 5.39. The summed E-state index contributed by atoms with van der Waals surface area (Å²) in [6.45, 7) is 5.13. The summed E-state index contributed by atoms with van der Waals surface area (Å²) < 4.78 is 2.01. The van der Waals surface area contributed by atoms with E-state index in [9.17, 15) is 4.79 Å². The number of para-hydroxylation sites is 1. The van der Waals surface area contributed by atoms with E-state index < -0.39 is 0 Å². The van der Waals surface area contributed by atoms with Crippen LogP contribution in [0.5, 0.6) is 0 Å². The highest BCUT2D eigenvalue weighted by molar-refractivity contribution is 8.00. The molecule has 0 saturated carbocycles. The number of halogens is 1. The van der Waals surface area contributed by atoms with E-state index in [2.05, 4.69) is 20.8 Å². The number of rotatable bonds is 8. The molecule has 0 spiro atoms. The molecule has 0 aliphatic rings. The molecule has 2 N–H and O–H groups in total. The first-order chi connectivity index (χ1) is 13.6. The number of hydrogen-bond acceptors (Lipinski definition) is 5. The fourth-order valence-electron chi connectivity index (χ4n) is 2.61. The maximum absolute atomic E-state index is 12.5. The normalized spacial score (nSPS) is 11.8. The summed E-state index contributed by atoms with van der Waals surface area (Å²) in [5, 5.41) is 15.9. The average Bonchev–Trinajstić information content (AvgIpc) is 3.08. The van der Waals surface area contributed by atoms with Gasteiger partial charge in [0.2, 0.25) is 5.91 Å². The van der Waals surface area contributed by atoms with Crippen molar-refractivity contribution in [2.24, 2.45) is 0 Å². The molecule has 0 unspecified atom stereocenters. The number of thioether (sulfide) groups is 1. The molecule has 28 heavy (non-hydrogen) atoms. The largest absolute Gasteiger partial charge is 0.378 e. The fraction of sp³-hybridized carbons (Fsp3) is 0.250. The Hall–Kier alpha value is -2.51. The maximum atomic E-state index is 12.5. The topological polar surface area (TPSA) is 71.8 Å². The van der Waals surface area contributed by atoms with Crippen LogP contribution in [0.3, 0.4) is 0 Å². The Morgan fingerprint density at radius 1 is 1.14 bits per heavy atom. The standard InChI is InChI=1S/C20H22ClN5OS/c1-3-26-18(13-22-17-11-7-8-15(21)12-17)24-25-20(26)28-14(2)19(27)23-16-9-5-4-6-10-16/h4-12,14,22H,3,13H2,1-2H3,(H,23,27)/t14-/m1/s1. The summed E-state index contributed by atoms with van der Waals surface area (Å²) in [5.74, 6) is 0.737. The van der Waals surface area contributed by atoms with Crippen molar-refractivity contribution in [1.29, 1.82) is 0 Å². The number of carbonyl (C=O) groups is 1. The summed E-state index contributed by atoms with van der Waals surface area (Å²) in [5.41, 5.74) is 1.70. The number of amides is 1. The molecule has 0 bridgehead atoms. The molecule has 1 aromatic heterocycles. The van der Waals surface area contributed by atoms with Crippen LogP contribution < -0.4 is 10.6 Å². The smallest absolute Gasteiger partial charge is 0.237 e. The van der Waals surface area contributed by atoms with Crippen LogP contribution in [0.2, 0.25) is 5.02 Å². The van der Waals surface area contributed by atoms with E-state index >= 15 is 0 Å². The van der Waals surface area contributed by atoms with Gasteiger partial charge in [0.25, 0.3) is 0 Å². The first-order valence-corrected chi connectivity index (χ1v) is 10.3. The molecule has 1 amide bonds. The van der Waals surface area contributed by atoms with Crippen LogP contribution in [-0.2, 0) is 17.9 Å². The molecule has 0 fully saturated rings. The van der Waals surface area contributed by atoms with E-state index in [1.807, 2.05) is 73.0 Å². The van der Waals surface area contributed by atoms with Gasteiger partial charge in [0, 0.05) is 22.9 Å². The van der Waals surface area contributed by atoms with Gasteiger partial charge in [-0.3, -0.25) is 4.79 Å². The van der Waals surface area contributed by atoms with E-state index in [-0.39, 0.29) is 11.2 Å². The Labute approximate surface area is 173 Å². The van der Waals surface area contributed by atoms with Gasteiger partial charge in [-0.1, -0.05) is 47.6 Å². The van der Waals surface area contributed by atoms with Crippen LogP contribution >= 0.6 is 23.4 Å². The molecule has 3 aromatic rings. The molecule has 0 aliphatic heterocycles. The SMILES string of the molecule is CCn1c(CNc2cccc(Cl)c2)nnc1S[C@H](C)C(=O)Nc1ccccc1. The lowest BCUT2D eigenvalue weighted by atomic mass is 10.3. The number of hydrogen-bond donors (Lipinski definition) is 2. The Morgan fingerprint density at radius 2 is 1.89 bits per heavy atom. The Kier molecular flexibility index (Phi) is 6.95. The van der Waals surface area contributed by atoms with Crippen molar-refractivity contribution >= 4 is 40.6 Å². The van der Waals surface area contributed by atoms with Crippen molar-refractivity contribution in [3.63, 3.8) is 0 Å². The van der Waals surface area contributed by atoms with Crippen LogP contribution in [0.1, 0.15) is 19.7 Å². The lowest BCUT2D eigenvalue weighted by Crippen LogP contribution is -2.23. The van der Waals surface area contributed by atoms with Crippen LogP contribution in [0, 0.1) is 0 Å². The minimum Gasteiger partial charge on any atom is -0.378 e. The maximum Gasteiger partial charge on any atom is 0.237 e. The number of benzene rings is 2. The van der Waals surface area contributed by atoms with Gasteiger partial charge in [0.15, 0.2) is 11.0 Å². The second-order valence-corrected chi connectivity index (χ2v) is 7.87. The van der Waals surface area contributed by atoms with E-state index in [0.29, 0.717) is 11.6 Å². The van der Waals surface area contributed by atoms with Crippen LogP contribution in [0.15, 0.2) is 59.8 Å². The number of aromatic nitrogens is 3. The highest BCUT2D eigenvalue weighted by Gasteiger charge is 2.19. The zero-order chi connectivity index (χ0) is 19.9. The van der Waals surface area contributed by atoms with Crippen molar-refractivity contribution in [1.82, 2.24) is 14.8 Å². The van der Waals surface area contributed by atoms with Gasteiger partial charge in [0.05, 0.1) is 11.8 Å². The lowest BCUT2D eigenvalue weighted by molar-refractivity contribution is -0.115. The Balaban J connectivity index is 1.63. The predicted molar refractivity (Wildman–Crippen MR) is 115 cm³/mol. The molecule has 8 heteroatoms. The minimum absolute atomic E-state index is 0.0690. The summed E-state index contributed by atoms with van der Waals surface area (Å²) in [4.78, 5) is 12.5. The Bertz CT molecular complexity index is 931. The van der Waals surface area contributed by atoms with Crippen LogP contribution in [0.25, 0.3) is 0 Å². The summed E-state index contributed by atoms with van der Waals surface area (Å²) in [6.07, 6.45) is 0. The van der Waals surface area contributed by atoms with E-state index in [0.717, 1.165) is 28.9 Å². The zero-order valence-corrected chi connectivity index (χ0v) is 17.3. The number of nitrogens with one attached hydrogen (secondary N) is 2. The number of nitrogens with zero attached hydrogens (tertiary/aromatic N) is 3. The second-order valence-electron chi connectivity index (χ2n) is 6.12. The average molecular weight is 416 g/mol. The lowest BCUT2D eigenvalue weighted by Gasteiger charge is -2.13. The third-order valence-electron chi connectivity index (χ3n) is 4.08. The predicted octanol–water partition coefficient (Wildman–Crippen LogP) is 4.68. The van der Waals surface area contributed by atoms with Crippen molar-refractivity contribution in [3.05, 3.63) is 65.4 Å². The molecule has 0 aliphatic carbocycles. The van der Waals surface area contributed by atoms with Crippen LogP contribution in [-0.4, -0.2) is 25.9 Å². The molecule has 0 saturated heterocycles. The molecule has 0 radical (unpaired) electrons. The number of anilines is 2. The molecule has 2 aromatic carbocycles. The molecular weight excluding hydrogens is 394 g/mol. The summed E-state index contributed by atoms with van der Waals surface area (Å²) >= 11 is 7.42. The van der Waals surface area contributed by atoms with Crippen molar-refractivity contribution in [3.8, 4) is 0 Å². The van der Waals surface area contributed by atoms with Crippen molar-refractivity contribution in [2.45, 2.75) is 37.3 Å². The highest BCUT2D eigenvalue weighted by atomic mass is 35.5. The molecule has 1 atom stereocenters. The molecule has 146 valence electrons. The number of carbonyl (C=O) groups excluding carboxylic acids is 1. The highest BCUT2D eigenvalue weighted by Crippen LogP contribution is 2.24. The van der Waals surface area contributed by atoms with Gasteiger partial charge in [0.1, 0.15) is 0 Å². The first-order valence-electron chi connectivity index (χ1n) is 9.01. The van der Waals surface area contributed by atoms with Crippen molar-refractivity contribution in [2.75, 3.05) is 10.6 Å². The first kappa shape index (κ1) is 20.2. The van der Waals surface area contributed by atoms with E-state index in [1.165, 1.54) is 11.8 Å². The minimum atomic E-state index is -0.302. The van der Waals surface area contributed by atoms with Crippen LogP contribution in [0.4, 0.5) is 11.4 Å². The zero-order valence-electron chi connectivity index (χ0n) is 15.7. The van der Waals surface area contributed by atoms with Gasteiger partial charge in [-0.05, 0) is 44.2 Å². The van der Waals surface area contributed by atoms with Gasteiger partial charge in [-0.2, -0.15) is 0 Å². The third kappa shape index (κ3) is 5.27. The molecule has 6 nitrogen and oxygen atoms in total. The summed E-state index contributed by atoms with van der Waals surface area (Å²) in [7, 11) is 0. The van der Waals surface area contributed by atoms with Gasteiger partial charge in [-0.15, -0.1) is 10.2 Å².